The van der Waals surface area contributed by atoms with E-state index in [9.17, 15) is 4.79 Å². The number of ether oxygens (including phenoxy) is 3. The van der Waals surface area contributed by atoms with Gasteiger partial charge >= 0.3 is 6.03 Å². The maximum Gasteiger partial charge on any atom is 0.324 e. The summed E-state index contributed by atoms with van der Waals surface area (Å²) in [4.78, 5) is 19.3. The predicted molar refractivity (Wildman–Crippen MR) is 158 cm³/mol. The first-order valence-electron chi connectivity index (χ1n) is 13.2. The van der Waals surface area contributed by atoms with Crippen LogP contribution >= 0.6 is 11.8 Å². The standard InChI is InChI=1S/C30H38N4O4S/c1-7-8-12-22-18-21-11-9-10-13-23(21)28(32-22)38-15-14-34(3,4)30-33(29(31)35)24(19-39-30)27-25(36-5)16-20(2)17-26(27)37-6/h9-11,13,16-19,30H,7-8,12,14-15H2,1-6H3,(H-,31,35)/p+1. The number of primary amides is 1. The summed E-state index contributed by atoms with van der Waals surface area (Å²) in [5, 5.41) is 4.08. The van der Waals surface area contributed by atoms with E-state index in [2.05, 4.69) is 33.2 Å². The number of hydrogen-bond donors (Lipinski definition) is 1. The van der Waals surface area contributed by atoms with E-state index < -0.39 is 6.03 Å². The summed E-state index contributed by atoms with van der Waals surface area (Å²) < 4.78 is 18.1. The van der Waals surface area contributed by atoms with Crippen molar-refractivity contribution in [1.82, 2.24) is 9.88 Å². The molecule has 2 amide bonds. The monoisotopic (exact) mass is 551 g/mol. The number of quaternary nitrogens is 1. The van der Waals surface area contributed by atoms with E-state index >= 15 is 0 Å². The summed E-state index contributed by atoms with van der Waals surface area (Å²) in [6, 6.07) is 13.6. The number of methoxy groups -OCH3 is 2. The van der Waals surface area contributed by atoms with Gasteiger partial charge in [-0.15, -0.1) is 0 Å². The van der Waals surface area contributed by atoms with E-state index in [0.717, 1.165) is 41.3 Å². The highest BCUT2D eigenvalue weighted by molar-refractivity contribution is 8.03. The van der Waals surface area contributed by atoms with E-state index in [1.165, 1.54) is 0 Å². The zero-order valence-corrected chi connectivity index (χ0v) is 24.5. The molecule has 0 saturated carbocycles. The van der Waals surface area contributed by atoms with Gasteiger partial charge in [-0.25, -0.2) is 14.7 Å². The molecule has 2 heterocycles. The zero-order chi connectivity index (χ0) is 28.2. The van der Waals surface area contributed by atoms with Gasteiger partial charge < -0.3 is 19.9 Å². The zero-order valence-electron chi connectivity index (χ0n) is 23.7. The normalized spacial score (nSPS) is 15.4. The van der Waals surface area contributed by atoms with Crippen molar-refractivity contribution in [2.24, 2.45) is 5.73 Å². The lowest BCUT2D eigenvalue weighted by Gasteiger charge is -2.39. The van der Waals surface area contributed by atoms with Gasteiger partial charge in [0.1, 0.15) is 24.7 Å². The van der Waals surface area contributed by atoms with Gasteiger partial charge in [-0.1, -0.05) is 31.5 Å². The minimum absolute atomic E-state index is 0.294. The minimum atomic E-state index is -0.538. The Hall–Kier alpha value is -3.43. The summed E-state index contributed by atoms with van der Waals surface area (Å²) in [5.41, 5.74) is 9.07. The molecule has 3 aromatic rings. The van der Waals surface area contributed by atoms with Crippen LogP contribution < -0.4 is 19.9 Å². The number of carbonyl (C=O) groups excluding carboxylic acids is 1. The number of pyridine rings is 1. The Morgan fingerprint density at radius 1 is 1.13 bits per heavy atom. The van der Waals surface area contributed by atoms with Crippen molar-refractivity contribution in [3.63, 3.8) is 0 Å². The molecule has 0 aliphatic carbocycles. The summed E-state index contributed by atoms with van der Waals surface area (Å²) in [7, 11) is 7.36. The fourth-order valence-corrected chi connectivity index (χ4v) is 6.10. The van der Waals surface area contributed by atoms with E-state index in [1.54, 1.807) is 30.9 Å². The topological polar surface area (TPSA) is 86.9 Å². The average molecular weight is 552 g/mol. The number of nitrogens with zero attached hydrogens (tertiary/aromatic N) is 3. The van der Waals surface area contributed by atoms with Crippen molar-refractivity contribution >= 4 is 34.3 Å². The Kier molecular flexibility index (Phi) is 8.92. The van der Waals surface area contributed by atoms with Gasteiger partial charge in [-0.3, -0.25) is 4.48 Å². The Bertz CT molecular complexity index is 1350. The van der Waals surface area contributed by atoms with Crippen LogP contribution in [-0.4, -0.2) is 67.4 Å². The maximum atomic E-state index is 12.8. The third-order valence-electron chi connectivity index (χ3n) is 6.97. The van der Waals surface area contributed by atoms with Crippen LogP contribution in [0.15, 0.2) is 47.9 Å². The van der Waals surface area contributed by atoms with Crippen molar-refractivity contribution in [2.45, 2.75) is 38.6 Å². The Balaban J connectivity index is 1.55. The lowest BCUT2D eigenvalue weighted by Crippen LogP contribution is -2.57. The number of hydrogen-bond acceptors (Lipinski definition) is 6. The number of urea groups is 1. The number of likely N-dealkylation sites (N-methyl/N-ethyl adjacent to an activating group) is 1. The second-order valence-electron chi connectivity index (χ2n) is 10.3. The van der Waals surface area contributed by atoms with Crippen molar-refractivity contribution < 1.29 is 23.5 Å². The van der Waals surface area contributed by atoms with Crippen molar-refractivity contribution in [3.8, 4) is 17.4 Å². The lowest BCUT2D eigenvalue weighted by atomic mass is 10.1. The molecule has 0 radical (unpaired) electrons. The average Bonchev–Trinajstić information content (AvgIpc) is 3.37. The summed E-state index contributed by atoms with van der Waals surface area (Å²) >= 11 is 1.54. The largest absolute Gasteiger partial charge is 0.496 e. The van der Waals surface area contributed by atoms with Crippen molar-refractivity contribution in [3.05, 3.63) is 64.7 Å². The smallest absolute Gasteiger partial charge is 0.324 e. The molecule has 0 bridgehead atoms. The van der Waals surface area contributed by atoms with Gasteiger partial charge in [0.2, 0.25) is 11.4 Å². The van der Waals surface area contributed by atoms with Crippen LogP contribution in [0, 0.1) is 6.92 Å². The molecule has 8 nitrogen and oxygen atoms in total. The number of aryl methyl sites for hydroxylation is 2. The second kappa shape index (κ2) is 12.2. The van der Waals surface area contributed by atoms with Crippen molar-refractivity contribution in [2.75, 3.05) is 41.5 Å². The SMILES string of the molecule is CCCCc1cc2ccccc2c(OCC[N+](C)(C)C2SC=C(c3c(OC)cc(C)cc3OC)N2C(N)=O)n1. The van der Waals surface area contributed by atoms with Crippen LogP contribution in [0.2, 0.25) is 0 Å². The molecule has 1 aliphatic rings. The number of thioether (sulfide) groups is 1. The van der Waals surface area contributed by atoms with Gasteiger partial charge in [0.05, 0.1) is 39.6 Å². The number of nitrogens with two attached hydrogens (primary N) is 1. The van der Waals surface area contributed by atoms with Crippen LogP contribution in [0.25, 0.3) is 16.5 Å². The molecule has 2 aromatic carbocycles. The highest BCUT2D eigenvalue weighted by Crippen LogP contribution is 2.46. The molecule has 0 fully saturated rings. The number of amides is 2. The molecule has 39 heavy (non-hydrogen) atoms. The van der Waals surface area contributed by atoms with Gasteiger partial charge in [0.15, 0.2) is 0 Å². The third-order valence-corrected chi connectivity index (χ3v) is 8.36. The quantitative estimate of drug-likeness (QED) is 0.305. The van der Waals surface area contributed by atoms with Crippen LogP contribution in [-0.2, 0) is 6.42 Å². The Morgan fingerprint density at radius 3 is 2.46 bits per heavy atom. The number of benzene rings is 2. The molecule has 0 saturated heterocycles. The van der Waals surface area contributed by atoms with Crippen LogP contribution in [0.3, 0.4) is 0 Å². The summed E-state index contributed by atoms with van der Waals surface area (Å²) in [5.74, 6) is 1.90. The Morgan fingerprint density at radius 2 is 1.82 bits per heavy atom. The summed E-state index contributed by atoms with van der Waals surface area (Å²) in [6.45, 7) is 5.20. The van der Waals surface area contributed by atoms with Crippen LogP contribution in [0.5, 0.6) is 17.4 Å². The van der Waals surface area contributed by atoms with Gasteiger partial charge in [-0.2, -0.15) is 0 Å². The number of carbonyl (C=O) groups is 1. The molecular formula is C30H39N4O4S+. The fourth-order valence-electron chi connectivity index (χ4n) is 4.85. The van der Waals surface area contributed by atoms with E-state index in [1.807, 2.05) is 42.7 Å². The molecule has 1 aromatic heterocycles. The number of fused-ring (bicyclic) bond motifs is 1. The number of rotatable bonds is 11. The molecule has 1 unspecified atom stereocenters. The minimum Gasteiger partial charge on any atom is -0.496 e. The second-order valence-corrected chi connectivity index (χ2v) is 11.2. The number of unbranched alkanes of at least 4 members (excludes halogenated alkanes) is 1. The molecule has 1 aliphatic heterocycles. The van der Waals surface area contributed by atoms with Gasteiger partial charge in [0, 0.05) is 16.5 Å². The third kappa shape index (κ3) is 6.09. The first kappa shape index (κ1) is 28.6. The highest BCUT2D eigenvalue weighted by Gasteiger charge is 2.44. The van der Waals surface area contributed by atoms with E-state index in [-0.39, 0.29) is 5.50 Å². The molecule has 2 N–H and O–H groups in total. The molecule has 208 valence electrons. The van der Waals surface area contributed by atoms with Crippen LogP contribution in [0.4, 0.5) is 4.79 Å². The van der Waals surface area contributed by atoms with E-state index in [4.69, 9.17) is 24.9 Å². The molecule has 4 rings (SSSR count). The molecule has 0 spiro atoms. The van der Waals surface area contributed by atoms with Gasteiger partial charge in [0.25, 0.3) is 0 Å². The number of aromatic nitrogens is 1. The first-order valence-corrected chi connectivity index (χ1v) is 14.2. The highest BCUT2D eigenvalue weighted by atomic mass is 32.2. The fraction of sp³-hybridized carbons (Fsp3) is 0.400. The molecule has 9 heteroatoms. The maximum absolute atomic E-state index is 12.8. The Labute approximate surface area is 235 Å². The van der Waals surface area contributed by atoms with Crippen molar-refractivity contribution in [1.29, 1.82) is 0 Å². The molecule has 1 atom stereocenters. The summed E-state index contributed by atoms with van der Waals surface area (Å²) in [6.07, 6.45) is 3.12. The van der Waals surface area contributed by atoms with E-state index in [0.29, 0.717) is 46.3 Å². The molecular weight excluding hydrogens is 512 g/mol. The van der Waals surface area contributed by atoms with Gasteiger partial charge in [-0.05, 0) is 66.7 Å². The van der Waals surface area contributed by atoms with Crippen LogP contribution in [0.1, 0.15) is 36.6 Å². The predicted octanol–water partition coefficient (Wildman–Crippen LogP) is 5.77. The lowest BCUT2D eigenvalue weighted by molar-refractivity contribution is -0.907. The first-order chi connectivity index (χ1) is 18.7.